The van der Waals surface area contributed by atoms with Gasteiger partial charge in [-0.1, -0.05) is 13.3 Å². The fraction of sp³-hybridized carbons (Fsp3) is 1.00. The van der Waals surface area contributed by atoms with Crippen molar-refractivity contribution in [2.24, 2.45) is 5.14 Å². The van der Waals surface area contributed by atoms with Crippen LogP contribution in [-0.4, -0.2) is 27.4 Å². The van der Waals surface area contributed by atoms with Gasteiger partial charge in [-0.25, -0.2) is 13.6 Å². The van der Waals surface area contributed by atoms with Gasteiger partial charge in [0.05, 0.1) is 5.75 Å². The van der Waals surface area contributed by atoms with Crippen LogP contribution in [0.1, 0.15) is 26.2 Å². The zero-order chi connectivity index (χ0) is 9.45. The molecule has 0 saturated carbocycles. The lowest BCUT2D eigenvalue weighted by atomic mass is 10.4. The maximum absolute atomic E-state index is 10.4. The zero-order valence-electron chi connectivity index (χ0n) is 7.45. The molecule has 12 heavy (non-hydrogen) atoms. The normalized spacial score (nSPS) is 11.8. The number of hydrogen-bond acceptors (Lipinski definition) is 3. The van der Waals surface area contributed by atoms with Crippen molar-refractivity contribution in [3.05, 3.63) is 0 Å². The molecule has 0 aromatic carbocycles. The molecular weight excluding hydrogens is 178 g/mol. The summed E-state index contributed by atoms with van der Waals surface area (Å²) in [5.74, 6) is 0.0130. The van der Waals surface area contributed by atoms with E-state index in [-0.39, 0.29) is 5.75 Å². The molecule has 0 aromatic heterocycles. The molecule has 0 saturated heterocycles. The number of rotatable bonds is 7. The van der Waals surface area contributed by atoms with E-state index in [0.29, 0.717) is 19.6 Å². The van der Waals surface area contributed by atoms with E-state index in [2.05, 4.69) is 6.92 Å². The standard InChI is InChI=1S/C7H17NO3S/c1-2-3-5-11-6-4-7-12(8,9)10/h2-7H2,1H3,(H2,8,9,10). The van der Waals surface area contributed by atoms with Crippen molar-refractivity contribution >= 4 is 10.0 Å². The first-order chi connectivity index (χ1) is 5.56. The Balaban J connectivity index is 3.12. The van der Waals surface area contributed by atoms with Crippen LogP contribution in [-0.2, 0) is 14.8 Å². The summed E-state index contributed by atoms with van der Waals surface area (Å²) >= 11 is 0. The minimum atomic E-state index is -3.30. The molecule has 0 fully saturated rings. The van der Waals surface area contributed by atoms with Crippen LogP contribution in [0.15, 0.2) is 0 Å². The molecule has 0 unspecified atom stereocenters. The molecule has 0 rings (SSSR count). The van der Waals surface area contributed by atoms with Crippen LogP contribution in [0, 0.1) is 0 Å². The number of unbranched alkanes of at least 4 members (excludes halogenated alkanes) is 1. The van der Waals surface area contributed by atoms with Gasteiger partial charge in [-0.15, -0.1) is 0 Å². The summed E-state index contributed by atoms with van der Waals surface area (Å²) in [6.45, 7) is 3.27. The van der Waals surface area contributed by atoms with Gasteiger partial charge < -0.3 is 4.74 Å². The minimum Gasteiger partial charge on any atom is -0.381 e. The second-order valence-corrected chi connectivity index (χ2v) is 4.42. The molecule has 0 aliphatic heterocycles. The van der Waals surface area contributed by atoms with Gasteiger partial charge in [0.2, 0.25) is 10.0 Å². The van der Waals surface area contributed by atoms with Crippen LogP contribution in [0.2, 0.25) is 0 Å². The van der Waals surface area contributed by atoms with Gasteiger partial charge in [0, 0.05) is 13.2 Å². The van der Waals surface area contributed by atoms with E-state index in [1.54, 1.807) is 0 Å². The molecule has 0 atom stereocenters. The Labute approximate surface area is 74.1 Å². The summed E-state index contributed by atoms with van der Waals surface area (Å²) in [6, 6.07) is 0. The first-order valence-electron chi connectivity index (χ1n) is 4.14. The monoisotopic (exact) mass is 195 g/mol. The van der Waals surface area contributed by atoms with Crippen LogP contribution in [0.4, 0.5) is 0 Å². The van der Waals surface area contributed by atoms with Gasteiger partial charge in [-0.2, -0.15) is 0 Å². The molecule has 0 spiro atoms. The summed E-state index contributed by atoms with van der Waals surface area (Å²) in [7, 11) is -3.30. The molecule has 4 nitrogen and oxygen atoms in total. The van der Waals surface area contributed by atoms with E-state index in [4.69, 9.17) is 9.88 Å². The van der Waals surface area contributed by atoms with E-state index in [9.17, 15) is 8.42 Å². The van der Waals surface area contributed by atoms with Gasteiger partial charge in [-0.3, -0.25) is 0 Å². The number of primary sulfonamides is 1. The lowest BCUT2D eigenvalue weighted by Gasteiger charge is -2.01. The SMILES string of the molecule is CCCCOCCCS(N)(=O)=O. The van der Waals surface area contributed by atoms with Crippen molar-refractivity contribution in [3.8, 4) is 0 Å². The van der Waals surface area contributed by atoms with Crippen molar-refractivity contribution in [2.45, 2.75) is 26.2 Å². The van der Waals surface area contributed by atoms with Crippen LogP contribution < -0.4 is 5.14 Å². The predicted octanol–water partition coefficient (Wildman–Crippen LogP) is 0.482. The van der Waals surface area contributed by atoms with Crippen molar-refractivity contribution in [2.75, 3.05) is 19.0 Å². The summed E-state index contributed by atoms with van der Waals surface area (Å²) in [5.41, 5.74) is 0. The minimum absolute atomic E-state index is 0.0130. The fourth-order valence-corrected chi connectivity index (χ4v) is 1.23. The average Bonchev–Trinajstić information content (AvgIpc) is 1.94. The molecule has 0 aromatic rings. The Morgan fingerprint density at radius 1 is 1.25 bits per heavy atom. The zero-order valence-corrected chi connectivity index (χ0v) is 8.27. The average molecular weight is 195 g/mol. The Kier molecular flexibility index (Phi) is 6.32. The summed E-state index contributed by atoms with van der Waals surface area (Å²) in [5, 5.41) is 4.79. The van der Waals surface area contributed by atoms with Crippen LogP contribution in [0.3, 0.4) is 0 Å². The van der Waals surface area contributed by atoms with Crippen molar-refractivity contribution in [3.63, 3.8) is 0 Å². The molecule has 0 heterocycles. The van der Waals surface area contributed by atoms with Gasteiger partial charge in [0.1, 0.15) is 0 Å². The molecule has 74 valence electrons. The fourth-order valence-electron chi connectivity index (χ4n) is 0.711. The summed E-state index contributed by atoms with van der Waals surface area (Å²) in [6.07, 6.45) is 2.60. The highest BCUT2D eigenvalue weighted by molar-refractivity contribution is 7.89. The van der Waals surface area contributed by atoms with Crippen molar-refractivity contribution in [1.29, 1.82) is 0 Å². The lowest BCUT2D eigenvalue weighted by Crippen LogP contribution is -2.17. The first kappa shape index (κ1) is 11.9. The van der Waals surface area contributed by atoms with Gasteiger partial charge in [0.15, 0.2) is 0 Å². The molecule has 0 bridgehead atoms. The summed E-state index contributed by atoms with van der Waals surface area (Å²) < 4.78 is 26.0. The maximum atomic E-state index is 10.4. The largest absolute Gasteiger partial charge is 0.381 e. The van der Waals surface area contributed by atoms with Crippen molar-refractivity contribution < 1.29 is 13.2 Å². The lowest BCUT2D eigenvalue weighted by molar-refractivity contribution is 0.132. The quantitative estimate of drug-likeness (QED) is 0.601. The van der Waals surface area contributed by atoms with E-state index >= 15 is 0 Å². The highest BCUT2D eigenvalue weighted by Gasteiger charge is 2.00. The van der Waals surface area contributed by atoms with E-state index in [1.165, 1.54) is 0 Å². The Hall–Kier alpha value is -0.130. The maximum Gasteiger partial charge on any atom is 0.209 e. The van der Waals surface area contributed by atoms with Crippen molar-refractivity contribution in [1.82, 2.24) is 0 Å². The van der Waals surface area contributed by atoms with Crippen LogP contribution in [0.5, 0.6) is 0 Å². The van der Waals surface area contributed by atoms with E-state index in [0.717, 1.165) is 12.8 Å². The van der Waals surface area contributed by atoms with E-state index in [1.807, 2.05) is 0 Å². The van der Waals surface area contributed by atoms with E-state index < -0.39 is 10.0 Å². The molecule has 2 N–H and O–H groups in total. The Morgan fingerprint density at radius 2 is 1.83 bits per heavy atom. The third kappa shape index (κ3) is 9.87. The first-order valence-corrected chi connectivity index (χ1v) is 5.86. The number of nitrogens with two attached hydrogens (primary N) is 1. The Bertz CT molecular complexity index is 189. The molecule has 0 radical (unpaired) electrons. The highest BCUT2D eigenvalue weighted by atomic mass is 32.2. The smallest absolute Gasteiger partial charge is 0.209 e. The number of sulfonamides is 1. The number of hydrogen-bond donors (Lipinski definition) is 1. The van der Waals surface area contributed by atoms with Gasteiger partial charge in [0.25, 0.3) is 0 Å². The third-order valence-electron chi connectivity index (χ3n) is 1.36. The third-order valence-corrected chi connectivity index (χ3v) is 2.22. The van der Waals surface area contributed by atoms with Gasteiger partial charge in [-0.05, 0) is 12.8 Å². The van der Waals surface area contributed by atoms with Crippen LogP contribution in [0.25, 0.3) is 0 Å². The van der Waals surface area contributed by atoms with Gasteiger partial charge >= 0.3 is 0 Å². The molecule has 0 amide bonds. The Morgan fingerprint density at radius 3 is 2.33 bits per heavy atom. The summed E-state index contributed by atoms with van der Waals surface area (Å²) in [4.78, 5) is 0. The second kappa shape index (κ2) is 6.39. The predicted molar refractivity (Wildman–Crippen MR) is 48.3 cm³/mol. The van der Waals surface area contributed by atoms with Crippen LogP contribution >= 0.6 is 0 Å². The molecule has 5 heteroatoms. The molecule has 0 aliphatic rings. The number of ether oxygens (including phenoxy) is 1. The highest BCUT2D eigenvalue weighted by Crippen LogP contribution is 1.91. The topological polar surface area (TPSA) is 69.4 Å². The molecular formula is C7H17NO3S. The second-order valence-electron chi connectivity index (χ2n) is 2.69. The molecule has 0 aliphatic carbocycles.